The lowest BCUT2D eigenvalue weighted by molar-refractivity contribution is -0.131. The summed E-state index contributed by atoms with van der Waals surface area (Å²) in [6.07, 6.45) is -0.342. The fraction of sp³-hybridized carbons (Fsp3) is 0.522. The van der Waals surface area contributed by atoms with E-state index < -0.39 is 8.32 Å². The summed E-state index contributed by atoms with van der Waals surface area (Å²) in [7, 11) is -0.468. The summed E-state index contributed by atoms with van der Waals surface area (Å²) in [4.78, 5) is 12.0. The SMILES string of the molecule is CCOc1c(C(C)O[Si](C)(C)C(C)(C)C)c(OC(C)=O)c2ccccc2c1OC. The van der Waals surface area contributed by atoms with Crippen LogP contribution in [0.1, 0.15) is 53.2 Å². The van der Waals surface area contributed by atoms with Crippen LogP contribution in [0.15, 0.2) is 24.3 Å². The van der Waals surface area contributed by atoms with Crippen LogP contribution < -0.4 is 14.2 Å². The van der Waals surface area contributed by atoms with Gasteiger partial charge in [-0.15, -0.1) is 0 Å². The van der Waals surface area contributed by atoms with Crippen LogP contribution in [0.3, 0.4) is 0 Å². The molecule has 160 valence electrons. The molecule has 0 amide bonds. The minimum Gasteiger partial charge on any atom is -0.492 e. The molecule has 0 saturated heterocycles. The summed E-state index contributed by atoms with van der Waals surface area (Å²) in [5.41, 5.74) is 0.711. The standard InChI is InChI=1S/C23H34O5Si/c1-10-26-22-19(15(2)28-29(8,9)23(4,5)6)20(27-16(3)24)17-13-11-12-14-18(17)21(22)25-7/h11-15H,10H2,1-9H3. The van der Waals surface area contributed by atoms with Crippen LogP contribution in [0.4, 0.5) is 0 Å². The van der Waals surface area contributed by atoms with Crippen molar-refractivity contribution in [2.24, 2.45) is 0 Å². The van der Waals surface area contributed by atoms with Crippen molar-refractivity contribution in [3.05, 3.63) is 29.8 Å². The highest BCUT2D eigenvalue weighted by Crippen LogP contribution is 2.51. The van der Waals surface area contributed by atoms with Crippen molar-refractivity contribution in [3.63, 3.8) is 0 Å². The minimum atomic E-state index is -2.09. The maximum absolute atomic E-state index is 12.0. The second-order valence-corrected chi connectivity index (χ2v) is 13.5. The van der Waals surface area contributed by atoms with Crippen molar-refractivity contribution >= 4 is 25.1 Å². The summed E-state index contributed by atoms with van der Waals surface area (Å²) >= 11 is 0. The Morgan fingerprint density at radius 1 is 1.07 bits per heavy atom. The van der Waals surface area contributed by atoms with E-state index in [-0.39, 0.29) is 17.1 Å². The molecule has 0 fully saturated rings. The Morgan fingerprint density at radius 3 is 2.07 bits per heavy atom. The van der Waals surface area contributed by atoms with Gasteiger partial charge in [0.15, 0.2) is 19.8 Å². The van der Waals surface area contributed by atoms with Crippen molar-refractivity contribution in [3.8, 4) is 17.2 Å². The van der Waals surface area contributed by atoms with Crippen molar-refractivity contribution in [1.82, 2.24) is 0 Å². The highest BCUT2D eigenvalue weighted by molar-refractivity contribution is 6.74. The fourth-order valence-corrected chi connectivity index (χ4v) is 4.52. The first-order valence-electron chi connectivity index (χ1n) is 10.1. The molecule has 0 N–H and O–H groups in total. The third kappa shape index (κ3) is 4.75. The smallest absolute Gasteiger partial charge is 0.308 e. The number of benzene rings is 2. The number of rotatable bonds is 7. The van der Waals surface area contributed by atoms with Gasteiger partial charge in [0, 0.05) is 17.7 Å². The average molecular weight is 419 g/mol. The van der Waals surface area contributed by atoms with Crippen LogP contribution in [-0.4, -0.2) is 28.0 Å². The van der Waals surface area contributed by atoms with Crippen molar-refractivity contribution in [2.45, 2.75) is 65.8 Å². The number of ether oxygens (including phenoxy) is 3. The second kappa shape index (κ2) is 8.75. The molecule has 0 aliphatic carbocycles. The predicted molar refractivity (Wildman–Crippen MR) is 120 cm³/mol. The van der Waals surface area contributed by atoms with E-state index in [1.165, 1.54) is 6.92 Å². The van der Waals surface area contributed by atoms with Crippen LogP contribution >= 0.6 is 0 Å². The molecular weight excluding hydrogens is 384 g/mol. The Labute approximate surface area is 175 Å². The minimum absolute atomic E-state index is 0.0373. The lowest BCUT2D eigenvalue weighted by atomic mass is 9.99. The lowest BCUT2D eigenvalue weighted by Crippen LogP contribution is -2.41. The molecular formula is C23H34O5Si. The Kier molecular flexibility index (Phi) is 7.01. The third-order valence-electron chi connectivity index (χ3n) is 5.53. The predicted octanol–water partition coefficient (Wildman–Crippen LogP) is 6.26. The number of esters is 1. The zero-order chi connectivity index (χ0) is 22.0. The maximum atomic E-state index is 12.0. The molecule has 0 spiro atoms. The lowest BCUT2D eigenvalue weighted by Gasteiger charge is -2.39. The van der Waals surface area contributed by atoms with Crippen LogP contribution in [0, 0.1) is 0 Å². The van der Waals surface area contributed by atoms with Crippen LogP contribution in [0.5, 0.6) is 17.2 Å². The van der Waals surface area contributed by atoms with Crippen molar-refractivity contribution < 1.29 is 23.4 Å². The topological polar surface area (TPSA) is 54.0 Å². The van der Waals surface area contributed by atoms with Gasteiger partial charge in [0.05, 0.1) is 25.4 Å². The first-order chi connectivity index (χ1) is 13.4. The zero-order valence-electron chi connectivity index (χ0n) is 19.1. The van der Waals surface area contributed by atoms with E-state index in [4.69, 9.17) is 18.6 Å². The number of carbonyl (C=O) groups is 1. The van der Waals surface area contributed by atoms with Gasteiger partial charge in [-0.2, -0.15) is 0 Å². The van der Waals surface area contributed by atoms with E-state index in [0.29, 0.717) is 29.4 Å². The molecule has 0 saturated carbocycles. The Hall–Kier alpha value is -2.05. The van der Waals surface area contributed by atoms with E-state index in [1.54, 1.807) is 7.11 Å². The molecule has 5 nitrogen and oxygen atoms in total. The number of carbonyl (C=O) groups excluding carboxylic acids is 1. The van der Waals surface area contributed by atoms with Gasteiger partial charge in [-0.05, 0) is 32.0 Å². The van der Waals surface area contributed by atoms with Crippen LogP contribution in [0.2, 0.25) is 18.1 Å². The Bertz CT molecular complexity index is 883. The third-order valence-corrected chi connectivity index (χ3v) is 10.1. The van der Waals surface area contributed by atoms with Gasteiger partial charge in [0.2, 0.25) is 0 Å². The van der Waals surface area contributed by atoms with E-state index in [1.807, 2.05) is 38.1 Å². The van der Waals surface area contributed by atoms with Crippen molar-refractivity contribution in [2.75, 3.05) is 13.7 Å². The fourth-order valence-electron chi connectivity index (χ4n) is 3.16. The van der Waals surface area contributed by atoms with Gasteiger partial charge >= 0.3 is 5.97 Å². The summed E-state index contributed by atoms with van der Waals surface area (Å²) in [6.45, 7) is 16.8. The first-order valence-corrected chi connectivity index (χ1v) is 13.0. The largest absolute Gasteiger partial charge is 0.492 e. The van der Waals surface area contributed by atoms with E-state index in [9.17, 15) is 4.79 Å². The van der Waals surface area contributed by atoms with Gasteiger partial charge in [-0.25, -0.2) is 0 Å². The molecule has 0 bridgehead atoms. The number of hydrogen-bond acceptors (Lipinski definition) is 5. The average Bonchev–Trinajstić information content (AvgIpc) is 2.60. The molecule has 1 atom stereocenters. The summed E-state index contributed by atoms with van der Waals surface area (Å²) < 4.78 is 24.2. The summed E-state index contributed by atoms with van der Waals surface area (Å²) in [5.74, 6) is 1.28. The van der Waals surface area contributed by atoms with Crippen LogP contribution in [-0.2, 0) is 9.22 Å². The molecule has 29 heavy (non-hydrogen) atoms. The Morgan fingerprint density at radius 2 is 1.62 bits per heavy atom. The molecule has 2 rings (SSSR count). The molecule has 2 aromatic carbocycles. The summed E-state index contributed by atoms with van der Waals surface area (Å²) in [6, 6.07) is 7.70. The van der Waals surface area contributed by atoms with Gasteiger partial charge in [0.1, 0.15) is 5.75 Å². The highest BCUT2D eigenvalue weighted by Gasteiger charge is 2.40. The maximum Gasteiger partial charge on any atom is 0.308 e. The van der Waals surface area contributed by atoms with Gasteiger partial charge < -0.3 is 18.6 Å². The second-order valence-electron chi connectivity index (χ2n) is 8.70. The molecule has 0 radical (unpaired) electrons. The molecule has 6 heteroatoms. The monoisotopic (exact) mass is 418 g/mol. The Balaban J connectivity index is 2.82. The van der Waals surface area contributed by atoms with Crippen molar-refractivity contribution in [1.29, 1.82) is 0 Å². The normalized spacial score (nSPS) is 13.3. The molecule has 1 unspecified atom stereocenters. The van der Waals surface area contributed by atoms with Crippen LogP contribution in [0.25, 0.3) is 10.8 Å². The molecule has 0 aliphatic heterocycles. The molecule has 0 heterocycles. The summed E-state index contributed by atoms with van der Waals surface area (Å²) in [5, 5.41) is 1.66. The zero-order valence-corrected chi connectivity index (χ0v) is 20.1. The van der Waals surface area contributed by atoms with E-state index >= 15 is 0 Å². The molecule has 0 aliphatic rings. The number of methoxy groups -OCH3 is 1. The molecule has 0 aromatic heterocycles. The number of hydrogen-bond donors (Lipinski definition) is 0. The first kappa shape index (κ1) is 23.2. The van der Waals surface area contributed by atoms with Gasteiger partial charge in [-0.3, -0.25) is 4.79 Å². The highest BCUT2D eigenvalue weighted by atomic mass is 28.4. The van der Waals surface area contributed by atoms with Gasteiger partial charge in [0.25, 0.3) is 0 Å². The molecule has 2 aromatic rings. The quantitative estimate of drug-likeness (QED) is 0.302. The van der Waals surface area contributed by atoms with Gasteiger partial charge in [-0.1, -0.05) is 45.0 Å². The van der Waals surface area contributed by atoms with E-state index in [0.717, 1.165) is 10.8 Å². The van der Waals surface area contributed by atoms with E-state index in [2.05, 4.69) is 33.9 Å². The number of fused-ring (bicyclic) bond motifs is 1.